The SMILES string of the molecule is COc1cc(C(=O)N[C@@H](C[NH+](C)C)c2ccccc2)ccc1OC(F)F. The number of nitrogens with one attached hydrogen (secondary N) is 2. The molecule has 0 aliphatic heterocycles. The molecule has 2 N–H and O–H groups in total. The van der Waals surface area contributed by atoms with E-state index in [1.54, 1.807) is 0 Å². The first kappa shape index (κ1) is 19.7. The van der Waals surface area contributed by atoms with Crippen molar-refractivity contribution in [1.82, 2.24) is 5.32 Å². The van der Waals surface area contributed by atoms with Gasteiger partial charge in [0.25, 0.3) is 5.91 Å². The van der Waals surface area contributed by atoms with Crippen LogP contribution in [0.3, 0.4) is 0 Å². The third-order valence-electron chi connectivity index (χ3n) is 3.76. The molecule has 140 valence electrons. The summed E-state index contributed by atoms with van der Waals surface area (Å²) in [5.41, 5.74) is 1.30. The third-order valence-corrected chi connectivity index (χ3v) is 3.76. The molecular formula is C19H23F2N2O3+. The number of quaternary nitrogens is 1. The van der Waals surface area contributed by atoms with E-state index in [9.17, 15) is 13.6 Å². The van der Waals surface area contributed by atoms with Crippen LogP contribution in [0.25, 0.3) is 0 Å². The van der Waals surface area contributed by atoms with Crippen molar-refractivity contribution in [1.29, 1.82) is 0 Å². The molecule has 2 aromatic carbocycles. The monoisotopic (exact) mass is 365 g/mol. The highest BCUT2D eigenvalue weighted by atomic mass is 19.3. The van der Waals surface area contributed by atoms with Crippen LogP contribution in [0, 0.1) is 0 Å². The summed E-state index contributed by atoms with van der Waals surface area (Å²) in [4.78, 5) is 13.8. The lowest BCUT2D eigenvalue weighted by Gasteiger charge is -2.21. The summed E-state index contributed by atoms with van der Waals surface area (Å²) in [6.45, 7) is -2.27. The normalized spacial score (nSPS) is 12.1. The Morgan fingerprint density at radius 1 is 1.12 bits per heavy atom. The van der Waals surface area contributed by atoms with Crippen LogP contribution in [-0.2, 0) is 0 Å². The summed E-state index contributed by atoms with van der Waals surface area (Å²) in [6, 6.07) is 13.6. The van der Waals surface area contributed by atoms with E-state index in [1.165, 1.54) is 30.2 Å². The largest absolute Gasteiger partial charge is 0.493 e. The zero-order chi connectivity index (χ0) is 19.1. The molecule has 0 aliphatic carbocycles. The zero-order valence-corrected chi connectivity index (χ0v) is 15.0. The van der Waals surface area contributed by atoms with Crippen LogP contribution in [0.5, 0.6) is 11.5 Å². The fraction of sp³-hybridized carbons (Fsp3) is 0.316. The molecule has 2 rings (SSSR count). The minimum Gasteiger partial charge on any atom is -0.493 e. The average Bonchev–Trinajstić information content (AvgIpc) is 2.61. The van der Waals surface area contributed by atoms with Gasteiger partial charge in [0, 0.05) is 5.56 Å². The second kappa shape index (κ2) is 9.15. The highest BCUT2D eigenvalue weighted by Crippen LogP contribution is 2.29. The number of likely N-dealkylation sites (N-methyl/N-ethyl adjacent to an activating group) is 1. The topological polar surface area (TPSA) is 52.0 Å². The molecule has 26 heavy (non-hydrogen) atoms. The Morgan fingerprint density at radius 2 is 1.81 bits per heavy atom. The molecule has 0 aromatic heterocycles. The summed E-state index contributed by atoms with van der Waals surface area (Å²) in [7, 11) is 5.33. The van der Waals surface area contributed by atoms with E-state index in [0.29, 0.717) is 12.1 Å². The van der Waals surface area contributed by atoms with E-state index in [-0.39, 0.29) is 23.4 Å². The number of hydrogen-bond donors (Lipinski definition) is 2. The number of methoxy groups -OCH3 is 1. The van der Waals surface area contributed by atoms with Crippen LogP contribution in [0.2, 0.25) is 0 Å². The van der Waals surface area contributed by atoms with Gasteiger partial charge in [-0.15, -0.1) is 0 Å². The van der Waals surface area contributed by atoms with Gasteiger partial charge in [0.1, 0.15) is 12.6 Å². The Bertz CT molecular complexity index is 724. The lowest BCUT2D eigenvalue weighted by atomic mass is 10.1. The molecule has 0 fully saturated rings. The Balaban J connectivity index is 2.21. The maximum Gasteiger partial charge on any atom is 0.387 e. The Labute approximate surface area is 151 Å². The van der Waals surface area contributed by atoms with Crippen molar-refractivity contribution in [2.75, 3.05) is 27.7 Å². The van der Waals surface area contributed by atoms with Crippen molar-refractivity contribution in [2.45, 2.75) is 12.7 Å². The predicted octanol–water partition coefficient (Wildman–Crippen LogP) is 1.91. The van der Waals surface area contributed by atoms with E-state index in [0.717, 1.165) is 5.56 Å². The first-order chi connectivity index (χ1) is 12.4. The quantitative estimate of drug-likeness (QED) is 0.752. The Hall–Kier alpha value is -2.67. The number of halogens is 2. The van der Waals surface area contributed by atoms with Gasteiger partial charge in [-0.1, -0.05) is 30.3 Å². The summed E-state index contributed by atoms with van der Waals surface area (Å²) < 4.78 is 34.3. The second-order valence-electron chi connectivity index (χ2n) is 6.09. The zero-order valence-electron chi connectivity index (χ0n) is 15.0. The maximum absolute atomic E-state index is 12.6. The highest BCUT2D eigenvalue weighted by molar-refractivity contribution is 5.95. The van der Waals surface area contributed by atoms with Crippen molar-refractivity contribution >= 4 is 5.91 Å². The van der Waals surface area contributed by atoms with Crippen LogP contribution >= 0.6 is 0 Å². The van der Waals surface area contributed by atoms with Crippen LogP contribution in [0.1, 0.15) is 22.0 Å². The van der Waals surface area contributed by atoms with Gasteiger partial charge in [0.15, 0.2) is 11.5 Å². The minimum absolute atomic E-state index is 0.0763. The molecular weight excluding hydrogens is 342 g/mol. The molecule has 0 saturated heterocycles. The minimum atomic E-state index is -2.96. The van der Waals surface area contributed by atoms with E-state index in [1.807, 2.05) is 44.4 Å². The van der Waals surface area contributed by atoms with Gasteiger partial charge < -0.3 is 19.7 Å². The molecule has 0 heterocycles. The number of carbonyl (C=O) groups excluding carboxylic acids is 1. The van der Waals surface area contributed by atoms with Crippen molar-refractivity contribution in [3.63, 3.8) is 0 Å². The van der Waals surface area contributed by atoms with Crippen LogP contribution < -0.4 is 19.7 Å². The lowest BCUT2D eigenvalue weighted by molar-refractivity contribution is -0.860. The highest BCUT2D eigenvalue weighted by Gasteiger charge is 2.20. The lowest BCUT2D eigenvalue weighted by Crippen LogP contribution is -3.06. The number of hydrogen-bond acceptors (Lipinski definition) is 3. The molecule has 0 aliphatic rings. The first-order valence-corrected chi connectivity index (χ1v) is 8.18. The Morgan fingerprint density at radius 3 is 2.38 bits per heavy atom. The van der Waals surface area contributed by atoms with Crippen molar-refractivity contribution in [2.24, 2.45) is 0 Å². The molecule has 0 unspecified atom stereocenters. The third kappa shape index (κ3) is 5.42. The molecule has 1 amide bonds. The number of alkyl halides is 2. The van der Waals surface area contributed by atoms with Gasteiger partial charge in [-0.25, -0.2) is 0 Å². The molecule has 0 saturated carbocycles. The number of ether oxygens (including phenoxy) is 2. The summed E-state index contributed by atoms with van der Waals surface area (Å²) in [6.07, 6.45) is 0. The van der Waals surface area contributed by atoms with Crippen LogP contribution in [0.15, 0.2) is 48.5 Å². The van der Waals surface area contributed by atoms with Crippen molar-refractivity contribution < 1.29 is 27.9 Å². The van der Waals surface area contributed by atoms with Gasteiger partial charge in [0.2, 0.25) is 0 Å². The molecule has 0 radical (unpaired) electrons. The average molecular weight is 365 g/mol. The maximum atomic E-state index is 12.6. The van der Waals surface area contributed by atoms with Gasteiger partial charge >= 0.3 is 6.61 Å². The summed E-state index contributed by atoms with van der Waals surface area (Å²) in [5.74, 6) is -0.356. The van der Waals surface area contributed by atoms with Crippen molar-refractivity contribution in [3.8, 4) is 11.5 Å². The Kier molecular flexibility index (Phi) is 6.91. The summed E-state index contributed by atoms with van der Waals surface area (Å²) in [5, 5.41) is 2.99. The molecule has 7 heteroatoms. The van der Waals surface area contributed by atoms with E-state index in [4.69, 9.17) is 4.74 Å². The van der Waals surface area contributed by atoms with Gasteiger partial charge in [-0.05, 0) is 23.8 Å². The van der Waals surface area contributed by atoms with E-state index in [2.05, 4.69) is 10.1 Å². The van der Waals surface area contributed by atoms with Crippen LogP contribution in [0.4, 0.5) is 8.78 Å². The number of carbonyl (C=O) groups is 1. The molecule has 2 aromatic rings. The smallest absolute Gasteiger partial charge is 0.387 e. The molecule has 0 bridgehead atoms. The van der Waals surface area contributed by atoms with E-state index < -0.39 is 6.61 Å². The van der Waals surface area contributed by atoms with Gasteiger partial charge in [0.05, 0.1) is 21.2 Å². The fourth-order valence-corrected chi connectivity index (χ4v) is 2.59. The number of amides is 1. The molecule has 0 spiro atoms. The standard InChI is InChI=1S/C19H22F2N2O3/c1-23(2)12-15(13-7-5-4-6-8-13)22-18(24)14-9-10-16(26-19(20)21)17(11-14)25-3/h4-11,15,19H,12H2,1-3H3,(H,22,24)/p+1/t15-/m0/s1. The fourth-order valence-electron chi connectivity index (χ4n) is 2.59. The van der Waals surface area contributed by atoms with Crippen molar-refractivity contribution in [3.05, 3.63) is 59.7 Å². The van der Waals surface area contributed by atoms with Crippen LogP contribution in [-0.4, -0.2) is 40.3 Å². The molecule has 5 nitrogen and oxygen atoms in total. The van der Waals surface area contributed by atoms with Gasteiger partial charge in [-0.2, -0.15) is 8.78 Å². The number of benzene rings is 2. The summed E-state index contributed by atoms with van der Waals surface area (Å²) >= 11 is 0. The van der Waals surface area contributed by atoms with E-state index >= 15 is 0 Å². The first-order valence-electron chi connectivity index (χ1n) is 8.18. The van der Waals surface area contributed by atoms with Gasteiger partial charge in [-0.3, -0.25) is 4.79 Å². The second-order valence-corrected chi connectivity index (χ2v) is 6.09. The number of rotatable bonds is 8. The molecule has 1 atom stereocenters. The predicted molar refractivity (Wildman–Crippen MR) is 94.0 cm³/mol.